The zero-order valence-corrected chi connectivity index (χ0v) is 33.0. The van der Waals surface area contributed by atoms with Crippen LogP contribution < -0.4 is 0 Å². The minimum Gasteiger partial charge on any atom is -0.135 e. The Bertz CT molecular complexity index is 3740. The summed E-state index contributed by atoms with van der Waals surface area (Å²) in [4.78, 5) is 0. The van der Waals surface area contributed by atoms with Crippen molar-refractivity contribution in [3.05, 3.63) is 182 Å². The SMILES string of the molecule is c1ccc2c(c1)sc1cc3sc4c5ccc(-c6ccc(-c7c8ccccc8c(-c8cccc9sc%10ccccc%10c89)c8ccccc78)cc6)cc5ccc4c3cc12. The van der Waals surface area contributed by atoms with E-state index in [1.54, 1.807) is 0 Å². The molecule has 0 amide bonds. The highest BCUT2D eigenvalue weighted by atomic mass is 32.1. The largest absolute Gasteiger partial charge is 0.135 e. The molecule has 10 aromatic carbocycles. The van der Waals surface area contributed by atoms with Crippen LogP contribution in [-0.2, 0) is 0 Å². The Kier molecular flexibility index (Phi) is 6.73. The van der Waals surface area contributed by atoms with Crippen molar-refractivity contribution in [2.45, 2.75) is 0 Å². The fraction of sp³-hybridized carbons (Fsp3) is 0. The Hall–Kier alpha value is -6.36. The summed E-state index contributed by atoms with van der Waals surface area (Å²) in [6.07, 6.45) is 0. The van der Waals surface area contributed by atoms with Gasteiger partial charge in [-0.1, -0.05) is 146 Å². The van der Waals surface area contributed by atoms with E-state index in [2.05, 4.69) is 182 Å². The highest BCUT2D eigenvalue weighted by Crippen LogP contribution is 2.48. The van der Waals surface area contributed by atoms with E-state index in [9.17, 15) is 0 Å². The van der Waals surface area contributed by atoms with Gasteiger partial charge in [0.2, 0.25) is 0 Å². The lowest BCUT2D eigenvalue weighted by atomic mass is 9.84. The van der Waals surface area contributed by atoms with Crippen molar-refractivity contribution in [2.75, 3.05) is 0 Å². The van der Waals surface area contributed by atoms with Crippen LogP contribution >= 0.6 is 34.0 Å². The maximum Gasteiger partial charge on any atom is 0.0433 e. The van der Waals surface area contributed by atoms with E-state index in [-0.39, 0.29) is 0 Å². The molecule has 0 nitrogen and oxygen atoms in total. The molecular weight excluding hydrogens is 745 g/mol. The molecule has 0 radical (unpaired) electrons. The highest BCUT2D eigenvalue weighted by molar-refractivity contribution is 7.28. The van der Waals surface area contributed by atoms with Gasteiger partial charge in [-0.05, 0) is 102 Å². The average Bonchev–Trinajstić information content (AvgIpc) is 3.95. The maximum atomic E-state index is 2.43. The van der Waals surface area contributed by atoms with E-state index < -0.39 is 0 Å². The molecule has 0 atom stereocenters. The predicted molar refractivity (Wildman–Crippen MR) is 254 cm³/mol. The van der Waals surface area contributed by atoms with Gasteiger partial charge in [0.05, 0.1) is 0 Å². The van der Waals surface area contributed by atoms with Crippen LogP contribution in [0.2, 0.25) is 0 Å². The van der Waals surface area contributed by atoms with Crippen LogP contribution in [0.15, 0.2) is 182 Å². The van der Waals surface area contributed by atoms with Gasteiger partial charge in [-0.25, -0.2) is 0 Å². The molecule has 0 aliphatic rings. The van der Waals surface area contributed by atoms with Crippen molar-refractivity contribution in [1.29, 1.82) is 0 Å². The maximum absolute atomic E-state index is 2.43. The molecule has 3 aromatic heterocycles. The van der Waals surface area contributed by atoms with Crippen molar-refractivity contribution < 1.29 is 0 Å². The lowest BCUT2D eigenvalue weighted by molar-refractivity contribution is 1.63. The Morgan fingerprint density at radius 3 is 1.56 bits per heavy atom. The molecule has 0 aliphatic carbocycles. The van der Waals surface area contributed by atoms with Gasteiger partial charge in [0.1, 0.15) is 0 Å². The number of hydrogen-bond donors (Lipinski definition) is 0. The molecule has 0 unspecified atom stereocenters. The number of thiophene rings is 3. The van der Waals surface area contributed by atoms with E-state index in [4.69, 9.17) is 0 Å². The van der Waals surface area contributed by atoms with E-state index in [0.29, 0.717) is 0 Å². The quantitative estimate of drug-likeness (QED) is 0.157. The molecule has 13 rings (SSSR count). The van der Waals surface area contributed by atoms with Gasteiger partial charge in [-0.3, -0.25) is 0 Å². The van der Waals surface area contributed by atoms with Crippen LogP contribution in [0.5, 0.6) is 0 Å². The van der Waals surface area contributed by atoms with Crippen LogP contribution in [-0.4, -0.2) is 0 Å². The van der Waals surface area contributed by atoms with Crippen molar-refractivity contribution >= 4 is 127 Å². The van der Waals surface area contributed by atoms with Crippen molar-refractivity contribution in [3.8, 4) is 33.4 Å². The van der Waals surface area contributed by atoms with Crippen LogP contribution in [0.1, 0.15) is 0 Å². The second-order valence-corrected chi connectivity index (χ2v) is 18.3. The summed E-state index contributed by atoms with van der Waals surface area (Å²) >= 11 is 5.71. The Morgan fingerprint density at radius 1 is 0.263 bits per heavy atom. The van der Waals surface area contributed by atoms with E-state index in [0.717, 1.165) is 0 Å². The van der Waals surface area contributed by atoms with Crippen LogP contribution in [0, 0.1) is 0 Å². The number of benzene rings is 10. The van der Waals surface area contributed by atoms with E-state index in [1.807, 2.05) is 34.0 Å². The predicted octanol–water partition coefficient (Wildman–Crippen LogP) is 17.3. The average molecular weight is 775 g/mol. The van der Waals surface area contributed by atoms with Gasteiger partial charge in [0.25, 0.3) is 0 Å². The number of fused-ring (bicyclic) bond motifs is 13. The first-order valence-electron chi connectivity index (χ1n) is 19.4. The first-order valence-corrected chi connectivity index (χ1v) is 21.9. The third-order valence-corrected chi connectivity index (χ3v) is 15.5. The van der Waals surface area contributed by atoms with Gasteiger partial charge in [0.15, 0.2) is 0 Å². The smallest absolute Gasteiger partial charge is 0.0433 e. The summed E-state index contributed by atoms with van der Waals surface area (Å²) in [6.45, 7) is 0. The molecular formula is C54H30S3. The molecule has 13 aromatic rings. The monoisotopic (exact) mass is 774 g/mol. The highest BCUT2D eigenvalue weighted by Gasteiger charge is 2.20. The summed E-state index contributed by atoms with van der Waals surface area (Å²) in [5.74, 6) is 0. The zero-order chi connectivity index (χ0) is 37.2. The van der Waals surface area contributed by atoms with E-state index in [1.165, 1.54) is 126 Å². The minimum atomic E-state index is 1.23. The molecule has 0 bridgehead atoms. The third kappa shape index (κ3) is 4.65. The molecule has 0 aliphatic heterocycles. The second kappa shape index (κ2) is 12.1. The number of hydrogen-bond acceptors (Lipinski definition) is 3. The molecule has 0 N–H and O–H groups in total. The van der Waals surface area contributed by atoms with E-state index >= 15 is 0 Å². The summed E-state index contributed by atoms with van der Waals surface area (Å²) in [6, 6.07) is 68.2. The van der Waals surface area contributed by atoms with Gasteiger partial charge in [-0.2, -0.15) is 0 Å². The van der Waals surface area contributed by atoms with Gasteiger partial charge >= 0.3 is 0 Å². The molecule has 0 saturated carbocycles. The van der Waals surface area contributed by atoms with Crippen LogP contribution in [0.4, 0.5) is 0 Å². The topological polar surface area (TPSA) is 0 Å². The van der Waals surface area contributed by atoms with Crippen molar-refractivity contribution in [1.82, 2.24) is 0 Å². The molecule has 0 spiro atoms. The fourth-order valence-corrected chi connectivity index (χ4v) is 13.1. The molecule has 0 fully saturated rings. The summed E-state index contributed by atoms with van der Waals surface area (Å²) < 4.78 is 8.12. The minimum absolute atomic E-state index is 1.23. The molecule has 57 heavy (non-hydrogen) atoms. The van der Waals surface area contributed by atoms with Gasteiger partial charge < -0.3 is 0 Å². The summed E-state index contributed by atoms with van der Waals surface area (Å²) in [7, 11) is 0. The molecule has 3 heteroatoms. The first kappa shape index (κ1) is 31.8. The number of rotatable bonds is 3. The van der Waals surface area contributed by atoms with Crippen molar-refractivity contribution in [3.63, 3.8) is 0 Å². The third-order valence-electron chi connectivity index (χ3n) is 12.1. The molecule has 264 valence electrons. The van der Waals surface area contributed by atoms with Crippen LogP contribution in [0.25, 0.3) is 126 Å². The van der Waals surface area contributed by atoms with Gasteiger partial charge in [0, 0.05) is 60.5 Å². The van der Waals surface area contributed by atoms with Crippen LogP contribution in [0.3, 0.4) is 0 Å². The second-order valence-electron chi connectivity index (χ2n) is 15.1. The Labute approximate surface area is 340 Å². The summed E-state index contributed by atoms with van der Waals surface area (Å²) in [5, 5.41) is 15.8. The molecule has 3 heterocycles. The first-order chi connectivity index (χ1) is 28.2. The standard InChI is InChI=1S/C54H30S3/c1-3-13-39-37(11-1)51(38-12-2-4-14-40(38)52(39)43-16-9-19-48-53(43)42-15-6-8-18-47(42)55-48)32-22-20-31(21-23-32)33-24-26-35-34(28-33)25-27-41-45-29-44-36-10-5-7-17-46(36)56-49(44)30-50(45)57-54(35)41/h1-30H. The van der Waals surface area contributed by atoms with Gasteiger partial charge in [-0.15, -0.1) is 34.0 Å². The fourth-order valence-electron chi connectivity index (χ4n) is 9.50. The summed E-state index contributed by atoms with van der Waals surface area (Å²) in [5.41, 5.74) is 7.60. The molecule has 0 saturated heterocycles. The Morgan fingerprint density at radius 2 is 0.807 bits per heavy atom. The van der Waals surface area contributed by atoms with Crippen molar-refractivity contribution in [2.24, 2.45) is 0 Å². The normalized spacial score (nSPS) is 12.2. The Balaban J connectivity index is 0.935. The lowest BCUT2D eigenvalue weighted by Crippen LogP contribution is -1.91. The zero-order valence-electron chi connectivity index (χ0n) is 30.5. The lowest BCUT2D eigenvalue weighted by Gasteiger charge is -2.18.